The van der Waals surface area contributed by atoms with Gasteiger partial charge in [0.2, 0.25) is 0 Å². The lowest BCUT2D eigenvalue weighted by Gasteiger charge is -2.50. The van der Waals surface area contributed by atoms with Crippen molar-refractivity contribution in [2.24, 2.45) is 4.99 Å². The average Bonchev–Trinajstić information content (AvgIpc) is 2.94. The average molecular weight is 543 g/mol. The van der Waals surface area contributed by atoms with E-state index in [1.54, 1.807) is 0 Å². The van der Waals surface area contributed by atoms with Crippen LogP contribution < -0.4 is 0 Å². The predicted octanol–water partition coefficient (Wildman–Crippen LogP) is 11.8. The van der Waals surface area contributed by atoms with Gasteiger partial charge in [-0.1, -0.05) is 130 Å². The summed E-state index contributed by atoms with van der Waals surface area (Å²) in [5.41, 5.74) is 7.69. The Kier molecular flexibility index (Phi) is 10.8. The Labute approximate surface area is 246 Å². The van der Waals surface area contributed by atoms with Crippen LogP contribution in [-0.4, -0.2) is 22.9 Å². The molecule has 2 aromatic carbocycles. The van der Waals surface area contributed by atoms with Gasteiger partial charge in [-0.15, -0.1) is 0 Å². The van der Waals surface area contributed by atoms with Crippen molar-refractivity contribution < 1.29 is 0 Å². The van der Waals surface area contributed by atoms with Gasteiger partial charge in [-0.05, 0) is 95.1 Å². The van der Waals surface area contributed by atoms with E-state index in [1.165, 1.54) is 86.5 Å². The molecule has 0 N–H and O–H groups in total. The number of aliphatic imine (C=N–C) groups is 1. The topological polar surface area (TPSA) is 29.7 Å². The van der Waals surface area contributed by atoms with Gasteiger partial charge in [0, 0.05) is 5.96 Å². The Balaban J connectivity index is 1.97. The van der Waals surface area contributed by atoms with E-state index in [2.05, 4.69) is 96.7 Å². The maximum Gasteiger partial charge on any atom is 0.0191 e. The molecule has 2 aliphatic rings. The molecule has 0 atom stereocenters. The first-order chi connectivity index (χ1) is 19.2. The minimum Gasteiger partial charge on any atom is -0.420 e. The molecular weight excluding hydrogens is 486 g/mol. The van der Waals surface area contributed by atoms with Crippen LogP contribution in [0, 0.1) is 0 Å². The highest BCUT2D eigenvalue weighted by atomic mass is 15.3. The number of guanidine groups is 1. The van der Waals surface area contributed by atoms with Gasteiger partial charge in [0.1, 0.15) is 0 Å². The highest BCUT2D eigenvalue weighted by Gasteiger charge is 2.28. The van der Waals surface area contributed by atoms with Crippen LogP contribution in [0.4, 0.5) is 11.4 Å². The number of benzene rings is 2. The number of para-hydroxylation sites is 2. The molecule has 220 valence electrons. The van der Waals surface area contributed by atoms with Crippen LogP contribution in [-0.2, 0) is 0 Å². The summed E-state index contributed by atoms with van der Waals surface area (Å²) in [5, 5.41) is 5.72. The van der Waals surface area contributed by atoms with Crippen molar-refractivity contribution in [3.63, 3.8) is 0 Å². The van der Waals surface area contributed by atoms with E-state index in [9.17, 15) is 0 Å². The van der Waals surface area contributed by atoms with Crippen molar-refractivity contribution in [1.82, 2.24) is 4.90 Å². The Morgan fingerprint density at radius 3 is 1.35 bits per heavy atom. The molecule has 4 rings (SSSR count). The van der Waals surface area contributed by atoms with E-state index in [4.69, 9.17) is 10.3 Å². The molecule has 0 unspecified atom stereocenters. The van der Waals surface area contributed by atoms with Crippen molar-refractivity contribution in [1.29, 1.82) is 0 Å². The number of hydrogen-bond donors (Lipinski definition) is 0. The van der Waals surface area contributed by atoms with Gasteiger partial charge < -0.3 is 15.2 Å². The summed E-state index contributed by atoms with van der Waals surface area (Å²) in [6.45, 7) is 18.4. The van der Waals surface area contributed by atoms with Gasteiger partial charge in [-0.2, -0.15) is 0 Å². The van der Waals surface area contributed by atoms with Crippen molar-refractivity contribution in [3.8, 4) is 0 Å². The van der Waals surface area contributed by atoms with Crippen molar-refractivity contribution in [2.45, 2.75) is 155 Å². The zero-order chi connectivity index (χ0) is 28.8. The molecule has 2 fully saturated rings. The van der Waals surface area contributed by atoms with Crippen LogP contribution in [0.2, 0.25) is 0 Å². The van der Waals surface area contributed by atoms with E-state index in [0.29, 0.717) is 35.8 Å². The number of nitrogens with zero attached hydrogens (tertiary/aromatic N) is 3. The first kappa shape index (κ1) is 30.7. The summed E-state index contributed by atoms with van der Waals surface area (Å²) in [5.74, 6) is 2.61. The molecule has 0 heterocycles. The molecule has 0 saturated heterocycles. The molecule has 2 aliphatic carbocycles. The summed E-state index contributed by atoms with van der Waals surface area (Å²) in [6, 6.07) is 14.7. The molecule has 3 heteroatoms. The van der Waals surface area contributed by atoms with Crippen LogP contribution in [0.25, 0.3) is 5.32 Å². The summed E-state index contributed by atoms with van der Waals surface area (Å²) >= 11 is 0. The maximum atomic E-state index is 5.72. The fraction of sp³-hybridized carbons (Fsp3) is 0.649. The second-order valence-corrected chi connectivity index (χ2v) is 13.7. The Morgan fingerprint density at radius 1 is 0.600 bits per heavy atom. The van der Waals surface area contributed by atoms with E-state index < -0.39 is 0 Å². The zero-order valence-electron chi connectivity index (χ0n) is 26.8. The zero-order valence-corrected chi connectivity index (χ0v) is 26.8. The number of hydrogen-bond acceptors (Lipinski definition) is 1. The minimum atomic E-state index is 0.408. The molecule has 0 radical (unpaired) electrons. The molecule has 40 heavy (non-hydrogen) atoms. The smallest absolute Gasteiger partial charge is 0.0191 e. The normalized spacial score (nSPS) is 17.9. The second kappa shape index (κ2) is 14.1. The van der Waals surface area contributed by atoms with Gasteiger partial charge in [0.15, 0.2) is 0 Å². The van der Waals surface area contributed by atoms with Crippen LogP contribution in [0.1, 0.15) is 166 Å². The molecule has 2 saturated carbocycles. The fourth-order valence-corrected chi connectivity index (χ4v) is 6.97. The summed E-state index contributed by atoms with van der Waals surface area (Å²) in [7, 11) is 0. The first-order valence-electron chi connectivity index (χ1n) is 16.5. The van der Waals surface area contributed by atoms with Crippen molar-refractivity contribution >= 4 is 17.3 Å². The third-order valence-corrected chi connectivity index (χ3v) is 9.28. The highest BCUT2D eigenvalue weighted by Crippen LogP contribution is 2.42. The van der Waals surface area contributed by atoms with E-state index in [-0.39, 0.29) is 0 Å². The van der Waals surface area contributed by atoms with Gasteiger partial charge in [-0.25, -0.2) is 0 Å². The van der Waals surface area contributed by atoms with Gasteiger partial charge in [0.05, 0.1) is 0 Å². The summed E-state index contributed by atoms with van der Waals surface area (Å²) < 4.78 is 0. The lowest BCUT2D eigenvalue weighted by atomic mass is 9.88. The van der Waals surface area contributed by atoms with Crippen molar-refractivity contribution in [2.75, 3.05) is 0 Å². The predicted molar refractivity (Wildman–Crippen MR) is 175 cm³/mol. The standard InChI is InChI=1S/C37H56N3/c1-25(2)31-21-15-22-32(26(3)4)35(31)38-37(39-36-33(27(5)6)23-16-24-34(36)28(7)8)40(29-17-11-9-12-18-29)30-19-13-10-14-20-30/h15-16,21-30H,9-14,17-20H2,1-8H3/q-1. The SMILES string of the molecule is CC(C)c1cccc(C(C)C)c1N=C([N-]c1c(C(C)C)cccc1C(C)C)N(C1CCCCC1)C1CCCCC1. The fourth-order valence-electron chi connectivity index (χ4n) is 6.97. The number of rotatable bonds is 8. The lowest BCUT2D eigenvalue weighted by molar-refractivity contribution is 0.158. The molecule has 0 amide bonds. The second-order valence-electron chi connectivity index (χ2n) is 13.7. The van der Waals surface area contributed by atoms with E-state index in [1.807, 2.05) is 0 Å². The molecular formula is C37H56N3-. The maximum absolute atomic E-state index is 5.72. The monoisotopic (exact) mass is 542 g/mol. The first-order valence-corrected chi connectivity index (χ1v) is 16.5. The Bertz CT molecular complexity index is 1040. The highest BCUT2D eigenvalue weighted by molar-refractivity contribution is 6.03. The molecule has 0 aromatic heterocycles. The van der Waals surface area contributed by atoms with Gasteiger partial charge in [-0.3, -0.25) is 0 Å². The Hall–Kier alpha value is -2.29. The summed E-state index contributed by atoms with van der Waals surface area (Å²) in [4.78, 5) is 8.47. The minimum absolute atomic E-state index is 0.408. The quantitative estimate of drug-likeness (QED) is 0.241. The molecule has 0 aliphatic heterocycles. The Morgan fingerprint density at radius 2 is 0.975 bits per heavy atom. The molecule has 0 bridgehead atoms. The third-order valence-electron chi connectivity index (χ3n) is 9.28. The molecule has 3 nitrogen and oxygen atoms in total. The van der Waals surface area contributed by atoms with E-state index >= 15 is 0 Å². The van der Waals surface area contributed by atoms with Crippen LogP contribution in [0.15, 0.2) is 41.4 Å². The molecule has 2 aromatic rings. The summed E-state index contributed by atoms with van der Waals surface area (Å²) in [6.07, 6.45) is 13.0. The van der Waals surface area contributed by atoms with E-state index in [0.717, 1.165) is 17.3 Å². The third kappa shape index (κ3) is 7.12. The van der Waals surface area contributed by atoms with Gasteiger partial charge >= 0.3 is 0 Å². The lowest BCUT2D eigenvalue weighted by Crippen LogP contribution is -2.48. The van der Waals surface area contributed by atoms with Crippen LogP contribution >= 0.6 is 0 Å². The van der Waals surface area contributed by atoms with Gasteiger partial charge in [0.25, 0.3) is 0 Å². The van der Waals surface area contributed by atoms with Crippen molar-refractivity contribution in [3.05, 3.63) is 64.0 Å². The van der Waals surface area contributed by atoms with Crippen LogP contribution in [0.3, 0.4) is 0 Å². The largest absolute Gasteiger partial charge is 0.420 e. The van der Waals surface area contributed by atoms with Crippen LogP contribution in [0.5, 0.6) is 0 Å². The molecule has 0 spiro atoms.